The number of phenols is 8. The first-order chi connectivity index (χ1) is 21.7. The van der Waals surface area contributed by atoms with Crippen LogP contribution in [0.2, 0.25) is 0 Å². The number of rotatable bonds is 2. The summed E-state index contributed by atoms with van der Waals surface area (Å²) >= 11 is 0. The van der Waals surface area contributed by atoms with E-state index in [1.165, 1.54) is 0 Å². The lowest BCUT2D eigenvalue weighted by atomic mass is 9.83. The van der Waals surface area contributed by atoms with Gasteiger partial charge in [-0.3, -0.25) is 0 Å². The second-order valence-electron chi connectivity index (χ2n) is 10.9. The lowest BCUT2D eigenvalue weighted by Crippen LogP contribution is -1.94. The van der Waals surface area contributed by atoms with Crippen LogP contribution in [0.5, 0.6) is 46.0 Å². The van der Waals surface area contributed by atoms with Gasteiger partial charge < -0.3 is 45.3 Å². The van der Waals surface area contributed by atoms with E-state index in [-0.39, 0.29) is 38.2 Å². The summed E-state index contributed by atoms with van der Waals surface area (Å²) in [7, 11) is 0. The van der Waals surface area contributed by atoms with E-state index in [0.717, 1.165) is 21.5 Å². The molecule has 8 rings (SSSR count). The Balaban J connectivity index is 1.62. The summed E-state index contributed by atoms with van der Waals surface area (Å²) in [6.07, 6.45) is 0. The molecule has 1 aromatic heterocycles. The number of hydrogen-bond donors (Lipinski definition) is 8. The fraction of sp³-hybridized carbons (Fsp3) is 0. The van der Waals surface area contributed by atoms with E-state index in [4.69, 9.17) is 4.42 Å². The zero-order valence-electron chi connectivity index (χ0n) is 23.1. The predicted octanol–water partition coefficient (Wildman–Crippen LogP) is 8.02. The smallest absolute Gasteiger partial charge is 0.204 e. The third kappa shape index (κ3) is 3.37. The van der Waals surface area contributed by atoms with Crippen LogP contribution < -0.4 is 0 Å². The molecule has 7 aromatic carbocycles. The van der Waals surface area contributed by atoms with Crippen LogP contribution in [0.15, 0.2) is 89.3 Å². The number of furan rings is 1. The van der Waals surface area contributed by atoms with Gasteiger partial charge in [0.15, 0.2) is 23.0 Å². The van der Waals surface area contributed by atoms with Gasteiger partial charge in [0.25, 0.3) is 0 Å². The van der Waals surface area contributed by atoms with Gasteiger partial charge in [-0.15, -0.1) is 0 Å². The van der Waals surface area contributed by atoms with Crippen molar-refractivity contribution < 1.29 is 45.3 Å². The molecule has 1 heterocycles. The van der Waals surface area contributed by atoms with E-state index in [2.05, 4.69) is 0 Å². The molecular formula is C36H22O9. The third-order valence-corrected chi connectivity index (χ3v) is 8.51. The molecule has 8 aromatic rings. The largest absolute Gasteiger partial charge is 0.504 e. The van der Waals surface area contributed by atoms with E-state index < -0.39 is 46.0 Å². The molecule has 0 aliphatic carbocycles. The number of fused-ring (bicyclic) bond motifs is 7. The molecule has 9 nitrogen and oxygen atoms in total. The van der Waals surface area contributed by atoms with E-state index >= 15 is 0 Å². The monoisotopic (exact) mass is 598 g/mol. The average molecular weight is 599 g/mol. The second kappa shape index (κ2) is 9.01. The topological polar surface area (TPSA) is 175 Å². The van der Waals surface area contributed by atoms with Gasteiger partial charge in [-0.05, 0) is 34.7 Å². The Kier molecular flexibility index (Phi) is 5.24. The predicted molar refractivity (Wildman–Crippen MR) is 170 cm³/mol. The fourth-order valence-corrected chi connectivity index (χ4v) is 6.46. The first kappa shape index (κ1) is 26.2. The number of hydrogen-bond acceptors (Lipinski definition) is 9. The molecular weight excluding hydrogens is 576 g/mol. The molecule has 9 heteroatoms. The van der Waals surface area contributed by atoms with Crippen molar-refractivity contribution in [1.29, 1.82) is 0 Å². The first-order valence-electron chi connectivity index (χ1n) is 13.8. The van der Waals surface area contributed by atoms with Crippen molar-refractivity contribution in [2.45, 2.75) is 0 Å². The highest BCUT2D eigenvalue weighted by Gasteiger charge is 2.32. The van der Waals surface area contributed by atoms with Crippen molar-refractivity contribution in [3.63, 3.8) is 0 Å². The van der Waals surface area contributed by atoms with Crippen molar-refractivity contribution in [3.8, 4) is 68.2 Å². The summed E-state index contributed by atoms with van der Waals surface area (Å²) in [5.74, 6) is -7.42. The van der Waals surface area contributed by atoms with Crippen LogP contribution in [-0.2, 0) is 0 Å². The number of aromatic hydroxyl groups is 8. The van der Waals surface area contributed by atoms with Crippen molar-refractivity contribution in [2.75, 3.05) is 0 Å². The van der Waals surface area contributed by atoms with Crippen LogP contribution >= 0.6 is 0 Å². The molecule has 0 radical (unpaired) electrons. The van der Waals surface area contributed by atoms with Crippen molar-refractivity contribution in [1.82, 2.24) is 0 Å². The summed E-state index contributed by atoms with van der Waals surface area (Å²) in [5, 5.41) is 90.6. The van der Waals surface area contributed by atoms with Crippen LogP contribution in [0.3, 0.4) is 0 Å². The normalized spacial score (nSPS) is 11.8. The lowest BCUT2D eigenvalue weighted by Gasteiger charge is -2.22. The molecule has 0 atom stereocenters. The minimum Gasteiger partial charge on any atom is -0.504 e. The second-order valence-corrected chi connectivity index (χ2v) is 10.9. The average Bonchev–Trinajstić information content (AvgIpc) is 3.45. The quantitative estimate of drug-likeness (QED) is 0.0556. The Bertz CT molecular complexity index is 2490. The summed E-state index contributed by atoms with van der Waals surface area (Å²) in [6, 6.07) is 25.0. The Labute approximate surface area is 252 Å². The van der Waals surface area contributed by atoms with Gasteiger partial charge in [0.2, 0.25) is 23.0 Å². The van der Waals surface area contributed by atoms with E-state index in [1.54, 1.807) is 48.5 Å². The Morgan fingerprint density at radius 3 is 1.44 bits per heavy atom. The highest BCUT2D eigenvalue weighted by atomic mass is 16.4. The van der Waals surface area contributed by atoms with Crippen LogP contribution in [0, 0.1) is 0 Å². The summed E-state index contributed by atoms with van der Waals surface area (Å²) in [5.41, 5.74) is 1.63. The number of benzene rings is 7. The summed E-state index contributed by atoms with van der Waals surface area (Å²) in [4.78, 5) is 0. The molecule has 0 unspecified atom stereocenters. The van der Waals surface area contributed by atoms with Crippen LogP contribution in [0.1, 0.15) is 0 Å². The molecule has 0 fully saturated rings. The maximum Gasteiger partial charge on any atom is 0.204 e. The van der Waals surface area contributed by atoms with E-state index in [1.807, 2.05) is 36.4 Å². The van der Waals surface area contributed by atoms with Crippen molar-refractivity contribution >= 4 is 54.3 Å². The molecule has 0 spiro atoms. The van der Waals surface area contributed by atoms with Crippen molar-refractivity contribution in [2.24, 2.45) is 0 Å². The molecule has 0 aliphatic rings. The van der Waals surface area contributed by atoms with E-state index in [9.17, 15) is 40.9 Å². The Morgan fingerprint density at radius 2 is 0.867 bits per heavy atom. The maximum atomic E-state index is 11.4. The molecule has 45 heavy (non-hydrogen) atoms. The third-order valence-electron chi connectivity index (χ3n) is 8.51. The Hall–Kier alpha value is -6.48. The van der Waals surface area contributed by atoms with Gasteiger partial charge in [-0.25, -0.2) is 0 Å². The highest BCUT2D eigenvalue weighted by Crippen LogP contribution is 2.61. The van der Waals surface area contributed by atoms with Gasteiger partial charge in [0.1, 0.15) is 11.2 Å². The molecule has 8 N–H and O–H groups in total. The van der Waals surface area contributed by atoms with Crippen molar-refractivity contribution in [3.05, 3.63) is 84.9 Å². The minimum atomic E-state index is -1.03. The van der Waals surface area contributed by atoms with Gasteiger partial charge in [0.05, 0.1) is 0 Å². The summed E-state index contributed by atoms with van der Waals surface area (Å²) in [6.45, 7) is 0. The highest BCUT2D eigenvalue weighted by molar-refractivity contribution is 6.29. The summed E-state index contributed by atoms with van der Waals surface area (Å²) < 4.78 is 6.34. The Morgan fingerprint density at radius 1 is 0.378 bits per heavy atom. The molecule has 0 amide bonds. The SMILES string of the molecule is Oc1c(O)c(O)c2c(-c3ccc4c(c3)oc3c5ccccc5ccc43)c3c(O)c(O)c(O)c(O)c3c(-c3ccccc3)c2c1O. The van der Waals surface area contributed by atoms with Gasteiger partial charge >= 0.3 is 0 Å². The molecule has 0 saturated carbocycles. The van der Waals surface area contributed by atoms with E-state index in [0.29, 0.717) is 16.7 Å². The van der Waals surface area contributed by atoms with Gasteiger partial charge in [0, 0.05) is 48.8 Å². The number of phenolic OH excluding ortho intramolecular Hbond substituents is 8. The van der Waals surface area contributed by atoms with Gasteiger partial charge in [-0.1, -0.05) is 66.7 Å². The zero-order valence-corrected chi connectivity index (χ0v) is 23.1. The van der Waals surface area contributed by atoms with Crippen LogP contribution in [0.4, 0.5) is 0 Å². The maximum absolute atomic E-state index is 11.4. The molecule has 0 bridgehead atoms. The molecule has 220 valence electrons. The fourth-order valence-electron chi connectivity index (χ4n) is 6.46. The van der Waals surface area contributed by atoms with Gasteiger partial charge in [-0.2, -0.15) is 0 Å². The zero-order chi connectivity index (χ0) is 31.3. The standard InChI is InChI=1S/C36H22O9/c37-28-24-22(16-7-2-1-3-8-16)25-27(31(40)35(44)33(42)29(25)38)23(26(24)30(39)34(43)32(28)41)17-11-12-19-20-13-10-15-6-4-5-9-18(15)36(20)45-21(19)14-17/h1-14,37-44H. The molecule has 0 aliphatic heterocycles. The minimum absolute atomic E-state index is 0.00756. The van der Waals surface area contributed by atoms with Crippen LogP contribution in [-0.4, -0.2) is 40.9 Å². The van der Waals surface area contributed by atoms with Crippen LogP contribution in [0.25, 0.3) is 76.5 Å². The molecule has 0 saturated heterocycles. The lowest BCUT2D eigenvalue weighted by molar-refractivity contribution is 0.350. The first-order valence-corrected chi connectivity index (χ1v) is 13.8.